The Labute approximate surface area is 95.7 Å². The Morgan fingerprint density at radius 1 is 1.36 bits per heavy atom. The van der Waals surface area contributed by atoms with E-state index >= 15 is 0 Å². The topological polar surface area (TPSA) is 32.6 Å². The fraction of sp³-hybridized carbons (Fsp3) is 0.600. The minimum atomic E-state index is 0. The van der Waals surface area contributed by atoms with Crippen LogP contribution in [0.1, 0.15) is 25.7 Å². The van der Waals surface area contributed by atoms with Gasteiger partial charge in [-0.05, 0) is 19.3 Å². The van der Waals surface area contributed by atoms with E-state index in [1.165, 1.54) is 0 Å². The second kappa shape index (κ2) is 7.57. The highest BCUT2D eigenvalue weighted by molar-refractivity contribution is 4.69. The van der Waals surface area contributed by atoms with Crippen LogP contribution in [0.4, 0.5) is 0 Å². The van der Waals surface area contributed by atoms with E-state index in [1.54, 1.807) is 0 Å². The van der Waals surface area contributed by atoms with E-state index in [0.717, 1.165) is 25.8 Å². The number of hydrogen-bond acceptors (Lipinski definition) is 1. The molecule has 1 aromatic heterocycles. The lowest BCUT2D eigenvalue weighted by Crippen LogP contribution is -3.00. The number of nitriles is 1. The number of imidazole rings is 1. The summed E-state index contributed by atoms with van der Waals surface area (Å²) in [6, 6.07) is 2.16. The summed E-state index contributed by atoms with van der Waals surface area (Å²) in [4.78, 5) is 0. The number of hydrogen-bond donors (Lipinski definition) is 0. The predicted octanol–water partition coefficient (Wildman–Crippen LogP) is -1.60. The van der Waals surface area contributed by atoms with Crippen molar-refractivity contribution in [3.63, 3.8) is 0 Å². The largest absolute Gasteiger partial charge is 1.00 e. The monoisotopic (exact) mass is 257 g/mol. The molecule has 0 saturated carbocycles. The maximum absolute atomic E-state index is 8.33. The van der Waals surface area contributed by atoms with Crippen molar-refractivity contribution in [3.05, 3.63) is 18.7 Å². The zero-order valence-corrected chi connectivity index (χ0v) is 10.1. The van der Waals surface area contributed by atoms with Crippen LogP contribution >= 0.6 is 0 Å². The number of halogens is 1. The molecule has 0 aliphatic rings. The van der Waals surface area contributed by atoms with Crippen molar-refractivity contribution in [1.82, 2.24) is 4.57 Å². The Kier molecular flexibility index (Phi) is 7.13. The normalized spacial score (nSPS) is 9.14. The highest BCUT2D eigenvalue weighted by atomic mass is 79.9. The van der Waals surface area contributed by atoms with Gasteiger partial charge in [0, 0.05) is 6.42 Å². The minimum absolute atomic E-state index is 0. The van der Waals surface area contributed by atoms with E-state index in [1.807, 2.05) is 17.8 Å². The van der Waals surface area contributed by atoms with E-state index in [9.17, 15) is 0 Å². The highest BCUT2D eigenvalue weighted by Crippen LogP contribution is 2.00. The van der Waals surface area contributed by atoms with Crippen molar-refractivity contribution in [3.8, 4) is 6.07 Å². The SMILES string of the molecule is C[n+]1ccn(CCCCCC#N)c1.[Br-]. The van der Waals surface area contributed by atoms with Crippen LogP contribution in [-0.4, -0.2) is 4.57 Å². The van der Waals surface area contributed by atoms with Crippen LogP contribution in [0.2, 0.25) is 0 Å². The molecule has 1 heterocycles. The molecular formula is C10H16BrN3. The molecule has 0 aliphatic carbocycles. The molecule has 0 aliphatic heterocycles. The summed E-state index contributed by atoms with van der Waals surface area (Å²) >= 11 is 0. The lowest BCUT2D eigenvalue weighted by Gasteiger charge is -1.94. The van der Waals surface area contributed by atoms with Crippen LogP contribution in [-0.2, 0) is 13.6 Å². The first-order chi connectivity index (χ1) is 6.33. The first kappa shape index (κ1) is 13.2. The molecule has 78 valence electrons. The Balaban J connectivity index is 0.00000169. The number of aryl methyl sites for hydroxylation is 2. The fourth-order valence-electron chi connectivity index (χ4n) is 1.31. The third-order valence-corrected chi connectivity index (χ3v) is 2.03. The van der Waals surface area contributed by atoms with Gasteiger partial charge in [-0.15, -0.1) is 0 Å². The van der Waals surface area contributed by atoms with E-state index in [2.05, 4.69) is 23.2 Å². The molecule has 1 rings (SSSR count). The molecule has 14 heavy (non-hydrogen) atoms. The summed E-state index contributed by atoms with van der Waals surface area (Å²) in [5.74, 6) is 0. The van der Waals surface area contributed by atoms with Gasteiger partial charge < -0.3 is 17.0 Å². The van der Waals surface area contributed by atoms with Gasteiger partial charge in [-0.25, -0.2) is 9.13 Å². The number of nitrogens with zero attached hydrogens (tertiary/aromatic N) is 3. The van der Waals surface area contributed by atoms with E-state index in [-0.39, 0.29) is 17.0 Å². The maximum atomic E-state index is 8.33. The van der Waals surface area contributed by atoms with Crippen LogP contribution in [0.5, 0.6) is 0 Å². The van der Waals surface area contributed by atoms with Gasteiger partial charge in [0.25, 0.3) is 0 Å². The van der Waals surface area contributed by atoms with Crippen molar-refractivity contribution in [1.29, 1.82) is 5.26 Å². The summed E-state index contributed by atoms with van der Waals surface area (Å²) in [6.07, 6.45) is 10.2. The molecule has 3 nitrogen and oxygen atoms in total. The standard InChI is InChI=1S/C10H16N3.BrH/c1-12-8-9-13(10-12)7-5-3-2-4-6-11;/h8-10H,2-5,7H2,1H3;1H/q+1;/p-1. The molecule has 0 fully saturated rings. The number of unbranched alkanes of at least 4 members (excludes halogenated alkanes) is 3. The van der Waals surface area contributed by atoms with Gasteiger partial charge in [-0.2, -0.15) is 5.26 Å². The van der Waals surface area contributed by atoms with Crippen LogP contribution in [0.15, 0.2) is 18.7 Å². The minimum Gasteiger partial charge on any atom is -1.00 e. The van der Waals surface area contributed by atoms with Gasteiger partial charge in [0.05, 0.1) is 19.7 Å². The van der Waals surface area contributed by atoms with Crippen LogP contribution in [0.25, 0.3) is 0 Å². The molecular weight excluding hydrogens is 242 g/mol. The van der Waals surface area contributed by atoms with Crippen molar-refractivity contribution < 1.29 is 21.5 Å². The van der Waals surface area contributed by atoms with Gasteiger partial charge in [-0.1, -0.05) is 0 Å². The Morgan fingerprint density at radius 2 is 2.14 bits per heavy atom. The molecule has 0 N–H and O–H groups in total. The summed E-state index contributed by atoms with van der Waals surface area (Å²) in [7, 11) is 2.02. The molecule has 0 amide bonds. The molecule has 0 radical (unpaired) electrons. The molecule has 4 heteroatoms. The molecule has 0 bridgehead atoms. The molecule has 0 saturated heterocycles. The van der Waals surface area contributed by atoms with Crippen molar-refractivity contribution in [2.45, 2.75) is 32.2 Å². The second-order valence-electron chi connectivity index (χ2n) is 3.29. The smallest absolute Gasteiger partial charge is 0.243 e. The third-order valence-electron chi connectivity index (χ3n) is 2.03. The first-order valence-electron chi connectivity index (χ1n) is 4.71. The lowest BCUT2D eigenvalue weighted by atomic mass is 10.2. The molecule has 0 atom stereocenters. The van der Waals surface area contributed by atoms with E-state index in [0.29, 0.717) is 6.42 Å². The first-order valence-corrected chi connectivity index (χ1v) is 4.71. The Morgan fingerprint density at radius 3 is 2.71 bits per heavy atom. The zero-order chi connectivity index (χ0) is 9.52. The lowest BCUT2D eigenvalue weighted by molar-refractivity contribution is -0.671. The van der Waals surface area contributed by atoms with Gasteiger partial charge in [0.1, 0.15) is 12.4 Å². The average molecular weight is 258 g/mol. The summed E-state index contributed by atoms with van der Waals surface area (Å²) in [6.45, 7) is 1.06. The third kappa shape index (κ3) is 5.03. The predicted molar refractivity (Wildman–Crippen MR) is 49.7 cm³/mol. The molecule has 0 aromatic carbocycles. The number of rotatable bonds is 5. The van der Waals surface area contributed by atoms with Crippen LogP contribution < -0.4 is 21.5 Å². The fourth-order valence-corrected chi connectivity index (χ4v) is 1.31. The van der Waals surface area contributed by atoms with Crippen molar-refractivity contribution in [2.75, 3.05) is 0 Å². The molecule has 1 aromatic rings. The zero-order valence-electron chi connectivity index (χ0n) is 8.49. The van der Waals surface area contributed by atoms with Crippen molar-refractivity contribution in [2.24, 2.45) is 7.05 Å². The van der Waals surface area contributed by atoms with E-state index < -0.39 is 0 Å². The number of aromatic nitrogens is 2. The molecule has 0 spiro atoms. The van der Waals surface area contributed by atoms with Gasteiger partial charge in [0.15, 0.2) is 0 Å². The Bertz CT molecular complexity index is 288. The summed E-state index contributed by atoms with van der Waals surface area (Å²) in [5.41, 5.74) is 0. The van der Waals surface area contributed by atoms with Crippen LogP contribution in [0, 0.1) is 11.3 Å². The van der Waals surface area contributed by atoms with Gasteiger partial charge in [-0.3, -0.25) is 0 Å². The van der Waals surface area contributed by atoms with E-state index in [4.69, 9.17) is 5.26 Å². The van der Waals surface area contributed by atoms with Gasteiger partial charge in [0.2, 0.25) is 6.33 Å². The maximum Gasteiger partial charge on any atom is 0.243 e. The summed E-state index contributed by atoms with van der Waals surface area (Å²) < 4.78 is 4.21. The quantitative estimate of drug-likeness (QED) is 0.462. The van der Waals surface area contributed by atoms with Gasteiger partial charge >= 0.3 is 0 Å². The second-order valence-corrected chi connectivity index (χ2v) is 3.29. The van der Waals surface area contributed by atoms with Crippen molar-refractivity contribution >= 4 is 0 Å². The molecule has 0 unspecified atom stereocenters. The highest BCUT2D eigenvalue weighted by Gasteiger charge is 1.98. The summed E-state index contributed by atoms with van der Waals surface area (Å²) in [5, 5.41) is 8.33. The average Bonchev–Trinajstić information content (AvgIpc) is 2.51. The van der Waals surface area contributed by atoms with Crippen LogP contribution in [0.3, 0.4) is 0 Å². The Hall–Kier alpha value is -0.820.